The first-order valence-electron chi connectivity index (χ1n) is 11.1. The number of carbonyl (C=O) groups excluding carboxylic acids is 1. The molecule has 6 atom stereocenters. The summed E-state index contributed by atoms with van der Waals surface area (Å²) in [6.45, 7) is -1.36. The second kappa shape index (κ2) is 11.6. The van der Waals surface area contributed by atoms with Gasteiger partial charge >= 0.3 is 23.5 Å². The van der Waals surface area contributed by atoms with Crippen LogP contribution in [0.3, 0.4) is 0 Å². The Morgan fingerprint density at radius 1 is 1.19 bits per heavy atom. The molecule has 1 aliphatic heterocycles. The molecule has 0 amide bonds. The van der Waals surface area contributed by atoms with E-state index in [0.717, 1.165) is 23.0 Å². The fraction of sp³-hybridized carbons (Fsp3) is 0.294. The zero-order valence-corrected chi connectivity index (χ0v) is 23.5. The van der Waals surface area contributed by atoms with Crippen LogP contribution in [0.4, 0.5) is 11.6 Å². The number of fused-ring (bicyclic) bond motifs is 1. The van der Waals surface area contributed by atoms with E-state index in [-0.39, 0.29) is 28.4 Å². The van der Waals surface area contributed by atoms with E-state index >= 15 is 0 Å². The summed E-state index contributed by atoms with van der Waals surface area (Å²) >= 11 is 0. The van der Waals surface area contributed by atoms with Gasteiger partial charge < -0.3 is 40.3 Å². The molecule has 0 saturated carbocycles. The van der Waals surface area contributed by atoms with E-state index in [0.29, 0.717) is 0 Å². The average Bonchev–Trinajstić information content (AvgIpc) is 3.40. The molecule has 0 spiro atoms. The summed E-state index contributed by atoms with van der Waals surface area (Å²) in [7, 11) is -17.4. The molecule has 23 nitrogen and oxygen atoms in total. The van der Waals surface area contributed by atoms with Gasteiger partial charge in [-0.25, -0.2) is 18.7 Å². The average molecular weight is 668 g/mol. The third-order valence-corrected chi connectivity index (χ3v) is 9.50. The number of hydrogen-bond acceptors (Lipinski definition) is 15. The Hall–Kier alpha value is -3.36. The Kier molecular flexibility index (Phi) is 8.80. The number of carbonyl (C=O) groups is 1. The third-order valence-electron chi connectivity index (χ3n) is 5.70. The molecular formula is C17H19N8O15P3. The molecule has 2 aromatic heterocycles. The van der Waals surface area contributed by atoms with Crippen molar-refractivity contribution in [2.45, 2.75) is 24.0 Å². The summed E-state index contributed by atoms with van der Waals surface area (Å²) < 4.78 is 53.1. The van der Waals surface area contributed by atoms with Crippen LogP contribution in [0.2, 0.25) is 0 Å². The first-order chi connectivity index (χ1) is 19.9. The lowest BCUT2D eigenvalue weighted by molar-refractivity contribution is -0.0686. The number of H-pyrrole nitrogens is 1. The summed E-state index contributed by atoms with van der Waals surface area (Å²) in [5.41, 5.74) is 9.46. The number of ketones is 1. The van der Waals surface area contributed by atoms with Crippen molar-refractivity contribution in [1.29, 1.82) is 0 Å². The second-order valence-electron chi connectivity index (χ2n) is 8.51. The maximum Gasteiger partial charge on any atom is 0.490 e. The zero-order chi connectivity index (χ0) is 32.0. The highest BCUT2D eigenvalue weighted by Crippen LogP contribution is 2.66. The summed E-state index contributed by atoms with van der Waals surface area (Å²) in [5, 5.41) is 26.1. The fourth-order valence-electron chi connectivity index (χ4n) is 3.98. The van der Waals surface area contributed by atoms with Crippen LogP contribution in [-0.2, 0) is 31.6 Å². The number of nitrogens with one attached hydrogen (secondary N) is 1. The Bertz CT molecular complexity index is 1820. The number of aromatic amines is 1. The van der Waals surface area contributed by atoms with Crippen LogP contribution < -0.4 is 11.3 Å². The van der Waals surface area contributed by atoms with Gasteiger partial charge in [-0.3, -0.25) is 23.7 Å². The van der Waals surface area contributed by atoms with E-state index in [1.807, 2.05) is 0 Å². The number of rotatable bonds is 11. The van der Waals surface area contributed by atoms with Gasteiger partial charge in [-0.15, -0.1) is 0 Å². The van der Waals surface area contributed by atoms with Gasteiger partial charge in [0.2, 0.25) is 5.95 Å². The number of benzene rings is 1. The Morgan fingerprint density at radius 3 is 2.44 bits per heavy atom. The molecule has 1 saturated heterocycles. The van der Waals surface area contributed by atoms with Crippen molar-refractivity contribution < 1.29 is 66.2 Å². The van der Waals surface area contributed by atoms with Crippen LogP contribution in [0.5, 0.6) is 0 Å². The maximum absolute atomic E-state index is 13.5. The van der Waals surface area contributed by atoms with Crippen LogP contribution in [0.1, 0.15) is 16.6 Å². The first-order valence-corrected chi connectivity index (χ1v) is 15.7. The molecule has 3 aromatic rings. The molecule has 1 fully saturated rings. The predicted molar refractivity (Wildman–Crippen MR) is 137 cm³/mol. The number of hydrogen-bond donors (Lipinski definition) is 8. The minimum Gasteiger partial charge on any atom is -0.385 e. The van der Waals surface area contributed by atoms with Crippen LogP contribution in [0.15, 0.2) is 40.5 Å². The molecule has 2 unspecified atom stereocenters. The number of nitrogens with two attached hydrogens (primary N) is 1. The number of aliphatic hydroxyl groups is 2. The molecule has 43 heavy (non-hydrogen) atoms. The summed E-state index contributed by atoms with van der Waals surface area (Å²) in [4.78, 5) is 74.8. The molecule has 232 valence electrons. The minimum atomic E-state index is -5.93. The molecule has 1 aliphatic rings. The number of imidazole rings is 1. The van der Waals surface area contributed by atoms with Crippen molar-refractivity contribution in [3.05, 3.63) is 57.0 Å². The molecular weight excluding hydrogens is 649 g/mol. The number of aromatic nitrogens is 4. The van der Waals surface area contributed by atoms with Crippen LogP contribution in [0, 0.1) is 0 Å². The highest BCUT2D eigenvalue weighted by molar-refractivity contribution is 7.66. The Morgan fingerprint density at radius 2 is 1.84 bits per heavy atom. The Labute approximate surface area is 236 Å². The minimum absolute atomic E-state index is 0.0649. The second-order valence-corrected chi connectivity index (χ2v) is 12.9. The highest BCUT2D eigenvalue weighted by Gasteiger charge is 2.61. The number of ether oxygens (including phenoxy) is 1. The number of azide groups is 1. The number of phosphoric acid groups is 3. The van der Waals surface area contributed by atoms with Crippen molar-refractivity contribution >= 4 is 52.1 Å². The quantitative estimate of drug-likeness (QED) is 0.0433. The van der Waals surface area contributed by atoms with E-state index < -0.39 is 65.5 Å². The highest BCUT2D eigenvalue weighted by atomic mass is 31.3. The molecule has 26 heteroatoms. The maximum atomic E-state index is 13.5. The van der Waals surface area contributed by atoms with Crippen molar-refractivity contribution in [2.24, 2.45) is 5.11 Å². The largest absolute Gasteiger partial charge is 0.490 e. The molecule has 1 aromatic carbocycles. The number of anilines is 1. The number of aliphatic hydroxyl groups excluding tert-OH is 1. The van der Waals surface area contributed by atoms with Crippen molar-refractivity contribution in [2.75, 3.05) is 12.3 Å². The van der Waals surface area contributed by atoms with E-state index in [2.05, 4.69) is 38.1 Å². The van der Waals surface area contributed by atoms with Gasteiger partial charge in [-0.1, -0.05) is 29.4 Å². The van der Waals surface area contributed by atoms with E-state index in [1.54, 1.807) is 0 Å². The zero-order valence-electron chi connectivity index (χ0n) is 20.8. The number of phosphoric ester groups is 1. The molecule has 9 N–H and O–H groups in total. The van der Waals surface area contributed by atoms with Crippen LogP contribution in [-0.4, -0.2) is 79.5 Å². The number of nitrogens with zero attached hydrogens (tertiary/aromatic N) is 6. The van der Waals surface area contributed by atoms with Gasteiger partial charge in [0.25, 0.3) is 5.56 Å². The molecule has 3 heterocycles. The first kappa shape index (κ1) is 32.6. The van der Waals surface area contributed by atoms with Crippen LogP contribution >= 0.6 is 23.5 Å². The van der Waals surface area contributed by atoms with Gasteiger partial charge in [-0.2, -0.15) is 13.6 Å². The lowest BCUT2D eigenvalue weighted by atomic mass is 9.84. The normalized spacial score (nSPS) is 25.1. The monoisotopic (exact) mass is 668 g/mol. The van der Waals surface area contributed by atoms with Gasteiger partial charge in [0, 0.05) is 16.2 Å². The fourth-order valence-corrected chi connectivity index (χ4v) is 6.99. The smallest absolute Gasteiger partial charge is 0.385 e. The van der Waals surface area contributed by atoms with E-state index in [4.69, 9.17) is 25.8 Å². The van der Waals surface area contributed by atoms with Gasteiger partial charge in [0.1, 0.15) is 12.2 Å². The number of Topliss-reactive ketones (excluding diaryl/α,β-unsaturated/α-hetero) is 1. The third kappa shape index (κ3) is 6.91. The lowest BCUT2D eigenvalue weighted by Crippen LogP contribution is -2.55. The predicted octanol–water partition coefficient (Wildman–Crippen LogP) is -0.141. The summed E-state index contributed by atoms with van der Waals surface area (Å²) in [6.07, 6.45) is -5.26. The van der Waals surface area contributed by atoms with Gasteiger partial charge in [0.05, 0.1) is 12.9 Å². The molecule has 0 bridgehead atoms. The van der Waals surface area contributed by atoms with Gasteiger partial charge in [0.15, 0.2) is 28.8 Å². The standard InChI is InChI=1S/C17H19N8O15P3/c18-16-21-13-10(14(28)22-16)20-6-25(13)15-12(27)17(29,11(26)7-1-3-8(4-2-7)23-24-19)9(38-15)5-37-42(33,34)40-43(35,36)39-41(30,31)32/h1-4,6,9,12,15,27,29H,5H2,(H,33,34)(H,35,36)(H2,30,31,32)(H3,18,21,22,28)/t9-,12+,15-,17+/m1/s1. The topological polar surface area (TPSA) is 365 Å². The summed E-state index contributed by atoms with van der Waals surface area (Å²) in [5.74, 6) is -1.66. The van der Waals surface area contributed by atoms with Crippen LogP contribution in [0.25, 0.3) is 21.6 Å². The number of nitrogen functional groups attached to an aromatic ring is 1. The lowest BCUT2D eigenvalue weighted by Gasteiger charge is -2.29. The van der Waals surface area contributed by atoms with Crippen molar-refractivity contribution in [3.63, 3.8) is 0 Å². The van der Waals surface area contributed by atoms with E-state index in [1.165, 1.54) is 12.1 Å². The van der Waals surface area contributed by atoms with Crippen molar-refractivity contribution in [1.82, 2.24) is 19.5 Å². The van der Waals surface area contributed by atoms with Gasteiger partial charge in [-0.05, 0) is 5.53 Å². The molecule has 0 aliphatic carbocycles. The SMILES string of the molecule is [N-]=[N+]=Nc1ccc(C(=O)[C@@]2(O)[C@@H](COP(=O)(O)OP(=O)(O)OP(=O)(O)O)O[C@@H](n3cnc4c(=O)[nH]c(N)nc43)[C@@H]2O)cc1. The molecule has 4 rings (SSSR count). The van der Waals surface area contributed by atoms with E-state index in [9.17, 15) is 43.3 Å². The Balaban J connectivity index is 1.71. The molecule has 0 radical (unpaired) electrons. The van der Waals surface area contributed by atoms with Crippen molar-refractivity contribution in [3.8, 4) is 0 Å². The summed E-state index contributed by atoms with van der Waals surface area (Å²) in [6, 6.07) is 4.55.